The molecule has 1 fully saturated rings. The molecular weight excluding hydrogens is 312 g/mol. The van der Waals surface area contributed by atoms with Crippen molar-refractivity contribution in [1.29, 1.82) is 0 Å². The van der Waals surface area contributed by atoms with Gasteiger partial charge < -0.3 is 9.80 Å². The lowest BCUT2D eigenvalue weighted by atomic mass is 10.1. The van der Waals surface area contributed by atoms with Crippen LogP contribution in [0.5, 0.6) is 0 Å². The molecule has 2 aromatic carbocycles. The molecule has 1 aliphatic rings. The Morgan fingerprint density at radius 1 is 1.08 bits per heavy atom. The molecule has 0 unspecified atom stereocenters. The largest absolute Gasteiger partial charge is 0.312 e. The van der Waals surface area contributed by atoms with Crippen LogP contribution < -0.4 is 9.80 Å². The molecule has 0 bridgehead atoms. The highest BCUT2D eigenvalue weighted by Gasteiger charge is 2.37. The Bertz CT molecular complexity index is 740. The molecule has 2 amide bonds. The smallest absolute Gasteiger partial charge is 0.232 e. The Balaban J connectivity index is 1.75. The van der Waals surface area contributed by atoms with Gasteiger partial charge in [0.05, 0.1) is 5.92 Å². The summed E-state index contributed by atoms with van der Waals surface area (Å²) in [7, 11) is 0. The van der Waals surface area contributed by atoms with Gasteiger partial charge in [-0.3, -0.25) is 9.59 Å². The highest BCUT2D eigenvalue weighted by Crippen LogP contribution is 2.28. The third-order valence-electron chi connectivity index (χ3n) is 4.78. The minimum atomic E-state index is -0.293. The van der Waals surface area contributed by atoms with Crippen LogP contribution in [0.1, 0.15) is 25.8 Å². The van der Waals surface area contributed by atoms with Gasteiger partial charge >= 0.3 is 0 Å². The quantitative estimate of drug-likeness (QED) is 0.836. The van der Waals surface area contributed by atoms with Crippen molar-refractivity contribution >= 4 is 23.2 Å². The van der Waals surface area contributed by atoms with Crippen LogP contribution >= 0.6 is 0 Å². The summed E-state index contributed by atoms with van der Waals surface area (Å²) >= 11 is 0. The molecule has 3 rings (SSSR count). The number of carbonyl (C=O) groups is 2. The first-order chi connectivity index (χ1) is 12.1. The number of anilines is 2. The number of hydrogen-bond donors (Lipinski definition) is 0. The fourth-order valence-corrected chi connectivity index (χ4v) is 3.33. The van der Waals surface area contributed by atoms with Crippen molar-refractivity contribution in [3.05, 3.63) is 60.2 Å². The van der Waals surface area contributed by atoms with Crippen LogP contribution in [0.4, 0.5) is 11.4 Å². The summed E-state index contributed by atoms with van der Waals surface area (Å²) in [6, 6.07) is 17.7. The SMILES string of the molecule is CCc1ccc(N2C[C@@H](C(=O)N(CC)c3ccccc3)CC2=O)cc1. The van der Waals surface area contributed by atoms with Gasteiger partial charge in [-0.1, -0.05) is 37.3 Å². The number of para-hydroxylation sites is 1. The van der Waals surface area contributed by atoms with Gasteiger partial charge in [0.25, 0.3) is 0 Å². The third-order valence-corrected chi connectivity index (χ3v) is 4.78. The van der Waals surface area contributed by atoms with E-state index in [1.54, 1.807) is 9.80 Å². The Hall–Kier alpha value is -2.62. The zero-order valence-corrected chi connectivity index (χ0v) is 14.8. The van der Waals surface area contributed by atoms with E-state index in [1.807, 2.05) is 61.5 Å². The van der Waals surface area contributed by atoms with E-state index in [4.69, 9.17) is 0 Å². The van der Waals surface area contributed by atoms with Crippen LogP contribution in [0.2, 0.25) is 0 Å². The molecule has 0 N–H and O–H groups in total. The molecular formula is C21H24N2O2. The molecule has 4 nitrogen and oxygen atoms in total. The zero-order chi connectivity index (χ0) is 17.8. The van der Waals surface area contributed by atoms with E-state index < -0.39 is 0 Å². The number of rotatable bonds is 5. The maximum absolute atomic E-state index is 12.9. The van der Waals surface area contributed by atoms with Crippen molar-refractivity contribution in [1.82, 2.24) is 0 Å². The first-order valence-electron chi connectivity index (χ1n) is 8.89. The van der Waals surface area contributed by atoms with Gasteiger partial charge in [-0.2, -0.15) is 0 Å². The number of amides is 2. The van der Waals surface area contributed by atoms with E-state index in [9.17, 15) is 9.59 Å². The van der Waals surface area contributed by atoms with E-state index in [0.29, 0.717) is 13.1 Å². The lowest BCUT2D eigenvalue weighted by molar-refractivity contribution is -0.124. The maximum atomic E-state index is 12.9. The second kappa shape index (κ2) is 7.51. The van der Waals surface area contributed by atoms with Crippen LogP contribution in [0.3, 0.4) is 0 Å². The summed E-state index contributed by atoms with van der Waals surface area (Å²) in [4.78, 5) is 28.9. The number of aryl methyl sites for hydroxylation is 1. The molecule has 4 heteroatoms. The molecule has 1 aliphatic heterocycles. The standard InChI is InChI=1S/C21H24N2O2/c1-3-16-10-12-19(13-11-16)23-15-17(14-20(23)24)21(25)22(4-2)18-8-6-5-7-9-18/h5-13,17H,3-4,14-15H2,1-2H3/t17-/m0/s1. The number of hydrogen-bond acceptors (Lipinski definition) is 2. The summed E-state index contributed by atoms with van der Waals surface area (Å²) in [5, 5.41) is 0. The average Bonchev–Trinajstić information content (AvgIpc) is 3.05. The van der Waals surface area contributed by atoms with Crippen molar-refractivity contribution < 1.29 is 9.59 Å². The zero-order valence-electron chi connectivity index (χ0n) is 14.8. The summed E-state index contributed by atoms with van der Waals surface area (Å²) in [5.74, 6) is -0.250. The van der Waals surface area contributed by atoms with Gasteiger partial charge in [0.15, 0.2) is 0 Å². The van der Waals surface area contributed by atoms with Gasteiger partial charge in [-0.05, 0) is 43.2 Å². The molecule has 25 heavy (non-hydrogen) atoms. The first-order valence-corrected chi connectivity index (χ1v) is 8.89. The predicted molar refractivity (Wildman–Crippen MR) is 101 cm³/mol. The fraction of sp³-hybridized carbons (Fsp3) is 0.333. The average molecular weight is 336 g/mol. The number of carbonyl (C=O) groups excluding carboxylic acids is 2. The third kappa shape index (κ3) is 3.58. The highest BCUT2D eigenvalue weighted by atomic mass is 16.2. The Labute approximate surface area is 149 Å². The van der Waals surface area contributed by atoms with E-state index in [2.05, 4.69) is 6.92 Å². The molecule has 0 aromatic heterocycles. The predicted octanol–water partition coefficient (Wildman–Crippen LogP) is 3.66. The second-order valence-corrected chi connectivity index (χ2v) is 6.34. The van der Waals surface area contributed by atoms with Gasteiger partial charge in [0.1, 0.15) is 0 Å². The molecule has 2 aromatic rings. The minimum Gasteiger partial charge on any atom is -0.312 e. The molecule has 1 atom stereocenters. The van der Waals surface area contributed by atoms with E-state index in [0.717, 1.165) is 17.8 Å². The van der Waals surface area contributed by atoms with E-state index in [1.165, 1.54) is 5.56 Å². The monoisotopic (exact) mass is 336 g/mol. The van der Waals surface area contributed by atoms with Gasteiger partial charge in [0, 0.05) is 30.9 Å². The molecule has 0 radical (unpaired) electrons. The van der Waals surface area contributed by atoms with E-state index >= 15 is 0 Å². The fourth-order valence-electron chi connectivity index (χ4n) is 3.33. The van der Waals surface area contributed by atoms with Gasteiger partial charge in [0.2, 0.25) is 11.8 Å². The Kier molecular flexibility index (Phi) is 5.17. The van der Waals surface area contributed by atoms with Gasteiger partial charge in [-0.25, -0.2) is 0 Å². The summed E-state index contributed by atoms with van der Waals surface area (Å²) in [6.45, 7) is 5.11. The van der Waals surface area contributed by atoms with Crippen LogP contribution in [0.15, 0.2) is 54.6 Å². The van der Waals surface area contributed by atoms with Crippen molar-refractivity contribution in [3.63, 3.8) is 0 Å². The highest BCUT2D eigenvalue weighted by molar-refractivity contribution is 6.04. The molecule has 1 saturated heterocycles. The summed E-state index contributed by atoms with van der Waals surface area (Å²) < 4.78 is 0. The molecule has 0 aliphatic carbocycles. The molecule has 0 saturated carbocycles. The molecule has 130 valence electrons. The van der Waals surface area contributed by atoms with Crippen LogP contribution in [-0.2, 0) is 16.0 Å². The summed E-state index contributed by atoms with van der Waals surface area (Å²) in [6.07, 6.45) is 1.25. The number of benzene rings is 2. The van der Waals surface area contributed by atoms with Crippen molar-refractivity contribution in [2.45, 2.75) is 26.7 Å². The van der Waals surface area contributed by atoms with Crippen molar-refractivity contribution in [2.75, 3.05) is 22.9 Å². The maximum Gasteiger partial charge on any atom is 0.232 e. The molecule has 0 spiro atoms. The van der Waals surface area contributed by atoms with Crippen molar-refractivity contribution in [3.8, 4) is 0 Å². The van der Waals surface area contributed by atoms with E-state index in [-0.39, 0.29) is 24.2 Å². The number of nitrogens with zero attached hydrogens (tertiary/aromatic N) is 2. The van der Waals surface area contributed by atoms with Crippen LogP contribution in [0, 0.1) is 5.92 Å². The lowest BCUT2D eigenvalue weighted by Gasteiger charge is -2.24. The normalized spacial score (nSPS) is 17.0. The lowest BCUT2D eigenvalue weighted by Crippen LogP contribution is -2.37. The Morgan fingerprint density at radius 2 is 1.76 bits per heavy atom. The van der Waals surface area contributed by atoms with Crippen LogP contribution in [-0.4, -0.2) is 24.9 Å². The second-order valence-electron chi connectivity index (χ2n) is 6.34. The van der Waals surface area contributed by atoms with Crippen molar-refractivity contribution in [2.24, 2.45) is 5.92 Å². The minimum absolute atomic E-state index is 0.0201. The van der Waals surface area contributed by atoms with Gasteiger partial charge in [-0.15, -0.1) is 0 Å². The first kappa shape index (κ1) is 17.2. The molecule has 1 heterocycles. The topological polar surface area (TPSA) is 40.6 Å². The van der Waals surface area contributed by atoms with Crippen LogP contribution in [0.25, 0.3) is 0 Å². The Morgan fingerprint density at radius 3 is 2.36 bits per heavy atom. The summed E-state index contributed by atoms with van der Waals surface area (Å²) in [5.41, 5.74) is 3.00.